The number of nitrogens with zero attached hydrogens (tertiary/aromatic N) is 3. The number of para-hydroxylation sites is 2. The molecule has 0 N–H and O–H groups in total. The lowest BCUT2D eigenvalue weighted by atomic mass is 9.98. The molecule has 4 aromatic rings. The van der Waals surface area contributed by atoms with E-state index in [9.17, 15) is 0 Å². The molecule has 0 saturated heterocycles. The summed E-state index contributed by atoms with van der Waals surface area (Å²) >= 11 is 0. The number of benzene rings is 2. The standard InChI is InChI=1S/C23H22N3/c1-14-10-22(25(4)13-16(14)3)18-12-21-17(9-15(18)2)11-23-24-19-7-5-6-8-20(19)26(21)23/h5-10,12-13H,11H2,1-4H3/q+1. The number of aromatic nitrogens is 3. The maximum absolute atomic E-state index is 4.84. The van der Waals surface area contributed by atoms with Crippen molar-refractivity contribution in [3.63, 3.8) is 0 Å². The van der Waals surface area contributed by atoms with Crippen molar-refractivity contribution in [1.82, 2.24) is 9.55 Å². The molecule has 0 spiro atoms. The zero-order valence-electron chi connectivity index (χ0n) is 15.7. The lowest BCUT2D eigenvalue weighted by Crippen LogP contribution is -2.31. The van der Waals surface area contributed by atoms with Gasteiger partial charge in [0.15, 0.2) is 6.20 Å². The molecule has 0 saturated carbocycles. The van der Waals surface area contributed by atoms with E-state index in [0.29, 0.717) is 0 Å². The predicted octanol–water partition coefficient (Wildman–Crippen LogP) is 4.35. The van der Waals surface area contributed by atoms with E-state index >= 15 is 0 Å². The van der Waals surface area contributed by atoms with Crippen LogP contribution >= 0.6 is 0 Å². The van der Waals surface area contributed by atoms with Gasteiger partial charge in [0.25, 0.3) is 0 Å². The minimum Gasteiger partial charge on any atom is -0.296 e. The van der Waals surface area contributed by atoms with Crippen molar-refractivity contribution in [3.05, 3.63) is 76.7 Å². The summed E-state index contributed by atoms with van der Waals surface area (Å²) in [6, 6.07) is 15.4. The summed E-state index contributed by atoms with van der Waals surface area (Å²) in [5.41, 5.74) is 11.4. The molecule has 3 heterocycles. The Morgan fingerprint density at radius 3 is 2.62 bits per heavy atom. The van der Waals surface area contributed by atoms with E-state index in [1.807, 2.05) is 0 Å². The Labute approximate surface area is 153 Å². The van der Waals surface area contributed by atoms with Crippen LogP contribution < -0.4 is 4.57 Å². The Kier molecular flexibility index (Phi) is 3.11. The fourth-order valence-corrected chi connectivity index (χ4v) is 4.17. The van der Waals surface area contributed by atoms with E-state index in [1.165, 1.54) is 44.7 Å². The molecule has 1 aliphatic heterocycles. The summed E-state index contributed by atoms with van der Waals surface area (Å²) in [6.07, 6.45) is 3.12. The topological polar surface area (TPSA) is 21.7 Å². The summed E-state index contributed by atoms with van der Waals surface area (Å²) in [6.45, 7) is 6.56. The quantitative estimate of drug-likeness (QED) is 0.416. The summed E-state index contributed by atoms with van der Waals surface area (Å²) in [7, 11) is 2.13. The molecule has 0 bridgehead atoms. The monoisotopic (exact) mass is 340 g/mol. The van der Waals surface area contributed by atoms with Gasteiger partial charge in [0.1, 0.15) is 12.9 Å². The number of hydrogen-bond donors (Lipinski definition) is 0. The van der Waals surface area contributed by atoms with Crippen molar-refractivity contribution in [3.8, 4) is 16.9 Å². The van der Waals surface area contributed by atoms with Gasteiger partial charge < -0.3 is 0 Å². The Balaban J connectivity index is 1.77. The molecule has 2 aromatic heterocycles. The maximum atomic E-state index is 4.84. The normalized spacial score (nSPS) is 12.5. The van der Waals surface area contributed by atoms with Crippen molar-refractivity contribution >= 4 is 11.0 Å². The van der Waals surface area contributed by atoms with Crippen molar-refractivity contribution in [1.29, 1.82) is 0 Å². The number of aryl methyl sites for hydroxylation is 4. The highest BCUT2D eigenvalue weighted by atomic mass is 15.1. The third kappa shape index (κ3) is 2.07. The molecule has 2 aromatic carbocycles. The first-order chi connectivity index (χ1) is 12.5. The Morgan fingerprint density at radius 1 is 0.962 bits per heavy atom. The zero-order valence-corrected chi connectivity index (χ0v) is 15.7. The van der Waals surface area contributed by atoms with Gasteiger partial charge in [-0.2, -0.15) is 0 Å². The van der Waals surface area contributed by atoms with Gasteiger partial charge in [-0.15, -0.1) is 0 Å². The van der Waals surface area contributed by atoms with Crippen molar-refractivity contribution < 1.29 is 4.57 Å². The fourth-order valence-electron chi connectivity index (χ4n) is 4.17. The second kappa shape index (κ2) is 5.28. The van der Waals surface area contributed by atoms with Gasteiger partial charge in [-0.25, -0.2) is 9.55 Å². The second-order valence-electron chi connectivity index (χ2n) is 7.46. The Hall–Kier alpha value is -2.94. The lowest BCUT2D eigenvalue weighted by molar-refractivity contribution is -0.660. The van der Waals surface area contributed by atoms with E-state index in [0.717, 1.165) is 17.8 Å². The van der Waals surface area contributed by atoms with Crippen LogP contribution in [0.2, 0.25) is 0 Å². The molecule has 0 unspecified atom stereocenters. The van der Waals surface area contributed by atoms with Crippen molar-refractivity contribution in [2.75, 3.05) is 0 Å². The maximum Gasteiger partial charge on any atom is 0.212 e. The summed E-state index contributed by atoms with van der Waals surface area (Å²) in [4.78, 5) is 4.84. The summed E-state index contributed by atoms with van der Waals surface area (Å²) in [5, 5.41) is 0. The number of imidazole rings is 1. The zero-order chi connectivity index (χ0) is 18.0. The van der Waals surface area contributed by atoms with E-state index < -0.39 is 0 Å². The third-order valence-electron chi connectivity index (χ3n) is 5.66. The largest absolute Gasteiger partial charge is 0.296 e. The van der Waals surface area contributed by atoms with Crippen LogP contribution in [0.5, 0.6) is 0 Å². The highest BCUT2D eigenvalue weighted by molar-refractivity contribution is 5.81. The van der Waals surface area contributed by atoms with Crippen LogP contribution in [0.3, 0.4) is 0 Å². The number of rotatable bonds is 1. The highest BCUT2D eigenvalue weighted by Gasteiger charge is 2.25. The van der Waals surface area contributed by atoms with Crippen LogP contribution in [0.4, 0.5) is 0 Å². The van der Waals surface area contributed by atoms with Crippen LogP contribution in [-0.4, -0.2) is 9.55 Å². The first-order valence-corrected chi connectivity index (χ1v) is 9.10. The summed E-state index contributed by atoms with van der Waals surface area (Å²) < 4.78 is 4.56. The van der Waals surface area contributed by atoms with Gasteiger partial charge in [0.05, 0.1) is 22.3 Å². The smallest absolute Gasteiger partial charge is 0.212 e. The van der Waals surface area contributed by atoms with Gasteiger partial charge in [0, 0.05) is 18.1 Å². The minimum atomic E-state index is 0.907. The van der Waals surface area contributed by atoms with Crippen LogP contribution in [0.25, 0.3) is 28.0 Å². The molecule has 0 atom stereocenters. The van der Waals surface area contributed by atoms with Crippen LogP contribution in [-0.2, 0) is 13.5 Å². The van der Waals surface area contributed by atoms with Gasteiger partial charge in [0.2, 0.25) is 5.69 Å². The van der Waals surface area contributed by atoms with E-state index in [4.69, 9.17) is 4.98 Å². The lowest BCUT2D eigenvalue weighted by Gasteiger charge is -2.11. The molecule has 128 valence electrons. The number of fused-ring (bicyclic) bond motifs is 5. The molecule has 3 heteroatoms. The fraction of sp³-hybridized carbons (Fsp3) is 0.217. The van der Waals surface area contributed by atoms with Crippen molar-refractivity contribution in [2.45, 2.75) is 27.2 Å². The molecule has 1 aliphatic rings. The van der Waals surface area contributed by atoms with Crippen LogP contribution in [0.15, 0.2) is 48.7 Å². The molecule has 0 fully saturated rings. The summed E-state index contributed by atoms with van der Waals surface area (Å²) in [5.74, 6) is 1.14. The molecule has 5 rings (SSSR count). The van der Waals surface area contributed by atoms with Crippen molar-refractivity contribution in [2.24, 2.45) is 7.05 Å². The van der Waals surface area contributed by atoms with Gasteiger partial charge in [-0.1, -0.05) is 18.2 Å². The SMILES string of the molecule is Cc1cc(-c2cc3c(cc2C)Cc2nc4ccccc4n2-3)[n+](C)cc1C. The molecule has 0 amide bonds. The van der Waals surface area contributed by atoms with E-state index in [2.05, 4.69) is 85.6 Å². The second-order valence-corrected chi connectivity index (χ2v) is 7.46. The first kappa shape index (κ1) is 15.3. The van der Waals surface area contributed by atoms with Gasteiger partial charge in [-0.05, 0) is 55.7 Å². The Bertz CT molecular complexity index is 1200. The average Bonchev–Trinajstić information content (AvgIpc) is 3.13. The molecular formula is C23H22N3+. The number of pyridine rings is 1. The molecule has 3 nitrogen and oxygen atoms in total. The molecule has 26 heavy (non-hydrogen) atoms. The third-order valence-corrected chi connectivity index (χ3v) is 5.66. The average molecular weight is 340 g/mol. The molecule has 0 aliphatic carbocycles. The molecular weight excluding hydrogens is 318 g/mol. The predicted molar refractivity (Wildman–Crippen MR) is 105 cm³/mol. The first-order valence-electron chi connectivity index (χ1n) is 9.10. The van der Waals surface area contributed by atoms with Crippen LogP contribution in [0, 0.1) is 20.8 Å². The van der Waals surface area contributed by atoms with E-state index in [-0.39, 0.29) is 0 Å². The number of hydrogen-bond acceptors (Lipinski definition) is 1. The minimum absolute atomic E-state index is 0.907. The van der Waals surface area contributed by atoms with Gasteiger partial charge >= 0.3 is 0 Å². The highest BCUT2D eigenvalue weighted by Crippen LogP contribution is 2.36. The van der Waals surface area contributed by atoms with E-state index in [1.54, 1.807) is 0 Å². The molecule has 0 radical (unpaired) electrons. The van der Waals surface area contributed by atoms with Crippen LogP contribution in [0.1, 0.15) is 28.1 Å². The Morgan fingerprint density at radius 2 is 1.77 bits per heavy atom. The van der Waals surface area contributed by atoms with Gasteiger partial charge in [-0.3, -0.25) is 4.57 Å².